The average Bonchev–Trinajstić information content (AvgIpc) is 1.90. The van der Waals surface area contributed by atoms with Crippen LogP contribution in [0.4, 0.5) is 0 Å². The van der Waals surface area contributed by atoms with Crippen LogP contribution in [0.3, 0.4) is 0 Å². The molecule has 1 rings (SSSR count). The van der Waals surface area contributed by atoms with Crippen LogP contribution in [0.2, 0.25) is 0 Å². The first kappa shape index (κ1) is 6.10. The maximum atomic E-state index is 2.17. The van der Waals surface area contributed by atoms with Crippen molar-refractivity contribution in [2.24, 2.45) is 0 Å². The third-order valence-corrected chi connectivity index (χ3v) is 1.79. The molecule has 1 heteroatoms. The van der Waals surface area contributed by atoms with Gasteiger partial charge >= 0.3 is 63.8 Å². The number of rotatable bonds is 1. The third kappa shape index (κ3) is 1.49. The summed E-state index contributed by atoms with van der Waals surface area (Å²) in [6.07, 6.45) is 0. The zero-order valence-electron chi connectivity index (χ0n) is 4.46. The second kappa shape index (κ2) is 3.09. The molecular formula is C7H6Zr+2. The van der Waals surface area contributed by atoms with Gasteiger partial charge in [-0.15, -0.1) is 0 Å². The zero-order chi connectivity index (χ0) is 5.82. The molecule has 0 nitrogen and oxygen atoms in total. The SMILES string of the molecule is [Zr+2]=[CH]c1ccccc1. The van der Waals surface area contributed by atoms with Gasteiger partial charge in [0.05, 0.1) is 0 Å². The van der Waals surface area contributed by atoms with E-state index in [1.165, 1.54) is 29.8 Å². The molecule has 0 aromatic heterocycles. The van der Waals surface area contributed by atoms with E-state index >= 15 is 0 Å². The van der Waals surface area contributed by atoms with Crippen molar-refractivity contribution in [2.75, 3.05) is 0 Å². The molecule has 36 valence electrons. The maximum absolute atomic E-state index is 2.17. The summed E-state index contributed by atoms with van der Waals surface area (Å²) in [7, 11) is 0. The summed E-state index contributed by atoms with van der Waals surface area (Å²) in [5, 5.41) is 0. The van der Waals surface area contributed by atoms with Gasteiger partial charge < -0.3 is 0 Å². The van der Waals surface area contributed by atoms with E-state index < -0.39 is 0 Å². The van der Waals surface area contributed by atoms with Crippen LogP contribution in [0.1, 0.15) is 5.56 Å². The Labute approximate surface area is 63.9 Å². The number of benzene rings is 1. The summed E-state index contributed by atoms with van der Waals surface area (Å²) >= 11 is 1.46. The average molecular weight is 181 g/mol. The molecule has 0 atom stereocenters. The molecule has 0 fully saturated rings. The van der Waals surface area contributed by atoms with Gasteiger partial charge in [0.2, 0.25) is 0 Å². The van der Waals surface area contributed by atoms with Crippen molar-refractivity contribution in [3.8, 4) is 0 Å². The predicted octanol–water partition coefficient (Wildman–Crippen LogP) is 1.38. The first-order valence-electron chi connectivity index (χ1n) is 2.49. The molecule has 0 bridgehead atoms. The van der Waals surface area contributed by atoms with E-state index in [4.69, 9.17) is 0 Å². The molecule has 0 aliphatic rings. The first-order valence-corrected chi connectivity index (χ1v) is 3.91. The Morgan fingerprint density at radius 3 is 2.12 bits per heavy atom. The molecule has 0 aliphatic heterocycles. The standard InChI is InChI=1S/C7H6.Zr/c1-7-5-3-2-4-6-7;/h1-6H;/q;+2. The van der Waals surface area contributed by atoms with Crippen molar-refractivity contribution < 1.29 is 24.2 Å². The van der Waals surface area contributed by atoms with E-state index in [2.05, 4.69) is 28.0 Å². The fourth-order valence-corrected chi connectivity index (χ4v) is 1.02. The Balaban J connectivity index is 2.99. The summed E-state index contributed by atoms with van der Waals surface area (Å²) in [5.74, 6) is 0. The van der Waals surface area contributed by atoms with Crippen LogP contribution >= 0.6 is 0 Å². The van der Waals surface area contributed by atoms with Crippen molar-refractivity contribution in [1.29, 1.82) is 0 Å². The van der Waals surface area contributed by atoms with Gasteiger partial charge in [0, 0.05) is 0 Å². The third-order valence-electron chi connectivity index (χ3n) is 0.966. The molecule has 8 heavy (non-hydrogen) atoms. The van der Waals surface area contributed by atoms with Crippen LogP contribution in [-0.2, 0) is 24.2 Å². The van der Waals surface area contributed by atoms with Crippen LogP contribution in [-0.4, -0.2) is 3.71 Å². The summed E-state index contributed by atoms with van der Waals surface area (Å²) in [5.41, 5.74) is 1.32. The fourth-order valence-electron chi connectivity index (χ4n) is 0.549. The molecule has 0 aliphatic carbocycles. The number of hydrogen-bond acceptors (Lipinski definition) is 0. The van der Waals surface area contributed by atoms with Crippen molar-refractivity contribution >= 4 is 3.71 Å². The van der Waals surface area contributed by atoms with Gasteiger partial charge in [0.25, 0.3) is 0 Å². The van der Waals surface area contributed by atoms with Crippen molar-refractivity contribution in [3.05, 3.63) is 35.9 Å². The molecule has 0 radical (unpaired) electrons. The summed E-state index contributed by atoms with van der Waals surface area (Å²) in [6, 6.07) is 10.3. The second-order valence-corrected chi connectivity index (χ2v) is 2.26. The van der Waals surface area contributed by atoms with Crippen molar-refractivity contribution in [2.45, 2.75) is 0 Å². The Morgan fingerprint density at radius 1 is 1.12 bits per heavy atom. The van der Waals surface area contributed by atoms with E-state index in [0.29, 0.717) is 0 Å². The van der Waals surface area contributed by atoms with Gasteiger partial charge in [-0.3, -0.25) is 0 Å². The van der Waals surface area contributed by atoms with E-state index in [9.17, 15) is 0 Å². The minimum atomic E-state index is 1.32. The van der Waals surface area contributed by atoms with Crippen LogP contribution in [0.15, 0.2) is 30.3 Å². The van der Waals surface area contributed by atoms with Gasteiger partial charge in [-0.25, -0.2) is 0 Å². The van der Waals surface area contributed by atoms with Gasteiger partial charge in [-0.1, -0.05) is 0 Å². The van der Waals surface area contributed by atoms with Crippen LogP contribution in [0.5, 0.6) is 0 Å². The quantitative estimate of drug-likeness (QED) is 0.614. The molecule has 0 amide bonds. The second-order valence-electron chi connectivity index (χ2n) is 1.56. The molecule has 0 N–H and O–H groups in total. The van der Waals surface area contributed by atoms with Gasteiger partial charge in [-0.05, 0) is 0 Å². The van der Waals surface area contributed by atoms with Gasteiger partial charge in [-0.2, -0.15) is 0 Å². The van der Waals surface area contributed by atoms with Crippen molar-refractivity contribution in [1.82, 2.24) is 0 Å². The van der Waals surface area contributed by atoms with Crippen LogP contribution in [0, 0.1) is 0 Å². The molecule has 0 unspecified atom stereocenters. The van der Waals surface area contributed by atoms with Crippen LogP contribution < -0.4 is 0 Å². The van der Waals surface area contributed by atoms with E-state index in [0.717, 1.165) is 0 Å². The van der Waals surface area contributed by atoms with Gasteiger partial charge in [0.1, 0.15) is 0 Å². The Kier molecular flexibility index (Phi) is 2.36. The summed E-state index contributed by atoms with van der Waals surface area (Å²) in [4.78, 5) is 0. The van der Waals surface area contributed by atoms with E-state index in [1.807, 2.05) is 6.07 Å². The first-order chi connectivity index (χ1) is 3.93. The summed E-state index contributed by atoms with van der Waals surface area (Å²) < 4.78 is 2.17. The monoisotopic (exact) mass is 180 g/mol. The van der Waals surface area contributed by atoms with Crippen LogP contribution in [0.25, 0.3) is 0 Å². The molecule has 0 spiro atoms. The summed E-state index contributed by atoms with van der Waals surface area (Å²) in [6.45, 7) is 0. The molecule has 1 aromatic carbocycles. The Hall–Kier alpha value is -0.0269. The molecule has 0 saturated heterocycles. The number of hydrogen-bond donors (Lipinski definition) is 0. The van der Waals surface area contributed by atoms with Crippen molar-refractivity contribution in [3.63, 3.8) is 0 Å². The normalized spacial score (nSPS) is 8.75. The van der Waals surface area contributed by atoms with E-state index in [1.54, 1.807) is 0 Å². The topological polar surface area (TPSA) is 0 Å². The fraction of sp³-hybridized carbons (Fsp3) is 0. The predicted molar refractivity (Wildman–Crippen MR) is 31.6 cm³/mol. The molecular weight excluding hydrogens is 175 g/mol. The zero-order valence-corrected chi connectivity index (χ0v) is 6.92. The van der Waals surface area contributed by atoms with E-state index in [-0.39, 0.29) is 0 Å². The Bertz CT molecular complexity index is 167. The minimum absolute atomic E-state index is 1.32. The molecule has 1 aromatic rings. The molecule has 0 heterocycles. The molecule has 0 saturated carbocycles. The van der Waals surface area contributed by atoms with Gasteiger partial charge in [0.15, 0.2) is 0 Å². The Morgan fingerprint density at radius 2 is 1.75 bits per heavy atom.